The molecule has 10 nitrogen and oxygen atoms in total. The van der Waals surface area contributed by atoms with E-state index in [9.17, 15) is 31.2 Å². The van der Waals surface area contributed by atoms with Crippen molar-refractivity contribution in [2.75, 3.05) is 19.8 Å². The second-order valence-electron chi connectivity index (χ2n) is 9.37. The first-order chi connectivity index (χ1) is 18.1. The molecule has 0 spiro atoms. The summed E-state index contributed by atoms with van der Waals surface area (Å²) in [6.45, 7) is 6.74. The zero-order chi connectivity index (χ0) is 29.3. The third-order valence-corrected chi connectivity index (χ3v) is 5.97. The Labute approximate surface area is 224 Å². The van der Waals surface area contributed by atoms with Crippen molar-refractivity contribution in [1.29, 1.82) is 0 Å². The summed E-state index contributed by atoms with van der Waals surface area (Å²) in [7, 11) is -5.95. The maximum atomic E-state index is 12.9. The number of amides is 1. The molecule has 0 saturated heterocycles. The van der Waals surface area contributed by atoms with Gasteiger partial charge in [-0.05, 0) is 57.4 Å². The molecule has 0 saturated carbocycles. The van der Waals surface area contributed by atoms with Gasteiger partial charge in [0, 0.05) is 18.0 Å². The first-order valence-corrected chi connectivity index (χ1v) is 13.4. The van der Waals surface area contributed by atoms with Gasteiger partial charge in [-0.1, -0.05) is 12.1 Å². The Morgan fingerprint density at radius 1 is 1.13 bits per heavy atom. The number of halogens is 3. The monoisotopic (exact) mass is 579 g/mol. The molecule has 0 aliphatic heterocycles. The predicted octanol–water partition coefficient (Wildman–Crippen LogP) is 4.83. The summed E-state index contributed by atoms with van der Waals surface area (Å²) in [5.74, 6) is -1.29. The van der Waals surface area contributed by atoms with E-state index in [2.05, 4.69) is 9.50 Å². The maximum Gasteiger partial charge on any atom is 0.534 e. The summed E-state index contributed by atoms with van der Waals surface area (Å²) in [6, 6.07) is 5.63. The number of benzene rings is 1. The molecule has 2 rings (SSSR count). The number of esters is 1. The van der Waals surface area contributed by atoms with E-state index in [1.54, 1.807) is 33.8 Å². The Morgan fingerprint density at radius 3 is 2.44 bits per heavy atom. The second kappa shape index (κ2) is 13.7. The number of carbonyl (C=O) groups is 2. The number of alkyl halides is 3. The Bertz CT molecular complexity index is 1190. The Balaban J connectivity index is 2.26. The third kappa shape index (κ3) is 10.8. The molecule has 2 aromatic rings. The van der Waals surface area contributed by atoms with Gasteiger partial charge in [-0.2, -0.15) is 21.6 Å². The minimum absolute atomic E-state index is 0.0274. The Morgan fingerprint density at radius 2 is 1.85 bits per heavy atom. The van der Waals surface area contributed by atoms with Crippen molar-refractivity contribution in [3.8, 4) is 5.75 Å². The number of furan rings is 1. The van der Waals surface area contributed by atoms with Crippen LogP contribution in [0.1, 0.15) is 56.7 Å². The van der Waals surface area contributed by atoms with Gasteiger partial charge in [-0.3, -0.25) is 4.79 Å². The highest BCUT2D eigenvalue weighted by molar-refractivity contribution is 7.88. The zero-order valence-electron chi connectivity index (χ0n) is 22.0. The molecule has 1 unspecified atom stereocenters. The van der Waals surface area contributed by atoms with Crippen molar-refractivity contribution in [2.24, 2.45) is 0 Å². The van der Waals surface area contributed by atoms with Gasteiger partial charge in [0.1, 0.15) is 11.4 Å². The fourth-order valence-electron chi connectivity index (χ4n) is 3.31. The number of ether oxygens (including phenoxy) is 3. The molecular weight excluding hydrogens is 547 g/mol. The molecule has 0 fully saturated rings. The van der Waals surface area contributed by atoms with Gasteiger partial charge in [0.05, 0.1) is 38.8 Å². The number of nitrogens with one attached hydrogen (secondary N) is 1. The highest BCUT2D eigenvalue weighted by atomic mass is 32.2. The summed E-state index contributed by atoms with van der Waals surface area (Å²) in [5, 5.41) is 2.39. The van der Waals surface area contributed by atoms with Gasteiger partial charge in [-0.25, -0.2) is 4.79 Å². The van der Waals surface area contributed by atoms with Gasteiger partial charge in [-0.15, -0.1) is 0 Å². The topological polar surface area (TPSA) is 130 Å². The SMILES string of the molecule is CCOC(=O)CCOCC(Cc1ccc(OS(=O)(=O)C(F)(F)F)c(CNC(=O)OC(C)(C)C)c1)c1ccoc1. The molecule has 0 bridgehead atoms. The largest absolute Gasteiger partial charge is 0.534 e. The third-order valence-electron chi connectivity index (χ3n) is 5.00. The molecule has 14 heteroatoms. The Hall–Kier alpha value is -3.26. The van der Waals surface area contributed by atoms with E-state index in [0.717, 1.165) is 11.6 Å². The average Bonchev–Trinajstić information content (AvgIpc) is 3.34. The van der Waals surface area contributed by atoms with E-state index in [-0.39, 0.29) is 44.3 Å². The van der Waals surface area contributed by atoms with Gasteiger partial charge in [0.15, 0.2) is 0 Å². The molecule has 0 aliphatic carbocycles. The van der Waals surface area contributed by atoms with Gasteiger partial charge < -0.3 is 28.1 Å². The van der Waals surface area contributed by atoms with E-state index >= 15 is 0 Å². The molecule has 1 heterocycles. The van der Waals surface area contributed by atoms with Crippen LogP contribution in [0.5, 0.6) is 5.75 Å². The maximum absolute atomic E-state index is 12.9. The van der Waals surface area contributed by atoms with Crippen LogP contribution in [-0.2, 0) is 42.1 Å². The van der Waals surface area contributed by atoms with Crippen LogP contribution in [0.3, 0.4) is 0 Å². The molecule has 1 atom stereocenters. The van der Waals surface area contributed by atoms with Crippen LogP contribution in [0.15, 0.2) is 41.2 Å². The second-order valence-corrected chi connectivity index (χ2v) is 10.9. The highest BCUT2D eigenvalue weighted by Crippen LogP contribution is 2.31. The van der Waals surface area contributed by atoms with Crippen molar-refractivity contribution in [3.63, 3.8) is 0 Å². The molecule has 0 radical (unpaired) electrons. The lowest BCUT2D eigenvalue weighted by atomic mass is 9.93. The molecule has 1 aromatic carbocycles. The van der Waals surface area contributed by atoms with Crippen LogP contribution in [-0.4, -0.2) is 51.4 Å². The minimum Gasteiger partial charge on any atom is -0.472 e. The number of rotatable bonds is 13. The average molecular weight is 580 g/mol. The number of carbonyl (C=O) groups excluding carboxylic acids is 2. The first kappa shape index (κ1) is 32.0. The quantitative estimate of drug-likeness (QED) is 0.153. The number of alkyl carbamates (subject to hydrolysis) is 1. The van der Waals surface area contributed by atoms with E-state index in [0.29, 0.717) is 12.0 Å². The lowest BCUT2D eigenvalue weighted by Gasteiger charge is -2.21. The zero-order valence-corrected chi connectivity index (χ0v) is 22.8. The lowest BCUT2D eigenvalue weighted by molar-refractivity contribution is -0.144. The summed E-state index contributed by atoms with van der Waals surface area (Å²) < 4.78 is 87.3. The van der Waals surface area contributed by atoms with Gasteiger partial charge in [0.2, 0.25) is 0 Å². The summed E-state index contributed by atoms with van der Waals surface area (Å²) in [6.07, 6.45) is 2.48. The molecule has 1 N–H and O–H groups in total. The van der Waals surface area contributed by atoms with Crippen LogP contribution in [0.4, 0.5) is 18.0 Å². The van der Waals surface area contributed by atoms with Gasteiger partial charge >= 0.3 is 27.7 Å². The molecule has 218 valence electrons. The van der Waals surface area contributed by atoms with Crippen molar-refractivity contribution in [2.45, 2.75) is 64.1 Å². The van der Waals surface area contributed by atoms with E-state index in [4.69, 9.17) is 18.6 Å². The van der Waals surface area contributed by atoms with Crippen molar-refractivity contribution >= 4 is 22.2 Å². The molecule has 1 amide bonds. The smallest absolute Gasteiger partial charge is 0.472 e. The highest BCUT2D eigenvalue weighted by Gasteiger charge is 2.48. The fraction of sp³-hybridized carbons (Fsp3) is 0.520. The normalized spacial score (nSPS) is 13.0. The van der Waals surface area contributed by atoms with Crippen molar-refractivity contribution in [1.82, 2.24) is 5.32 Å². The molecular formula is C25H32F3NO9S. The standard InChI is InChI=1S/C25H32F3NO9S/c1-5-36-22(30)9-11-35-16-20(18-8-10-34-15-18)13-17-6-7-21(38-39(32,33)25(26,27)28)19(12-17)14-29-23(31)37-24(2,3)4/h6-8,10,12,15,20H,5,9,11,13-14,16H2,1-4H3,(H,29,31). The lowest BCUT2D eigenvalue weighted by Crippen LogP contribution is -2.32. The van der Waals surface area contributed by atoms with Crippen molar-refractivity contribution < 1.29 is 54.0 Å². The predicted molar refractivity (Wildman–Crippen MR) is 132 cm³/mol. The molecule has 0 aliphatic rings. The number of hydrogen-bond donors (Lipinski definition) is 1. The van der Waals surface area contributed by atoms with E-state index in [1.165, 1.54) is 24.7 Å². The summed E-state index contributed by atoms with van der Waals surface area (Å²) >= 11 is 0. The van der Waals surface area contributed by atoms with E-state index < -0.39 is 39.0 Å². The van der Waals surface area contributed by atoms with Crippen LogP contribution in [0.2, 0.25) is 0 Å². The van der Waals surface area contributed by atoms with Crippen LogP contribution in [0.25, 0.3) is 0 Å². The fourth-order valence-corrected chi connectivity index (χ4v) is 3.80. The van der Waals surface area contributed by atoms with E-state index in [1.807, 2.05) is 0 Å². The Kier molecular flexibility index (Phi) is 11.2. The number of hydrogen-bond acceptors (Lipinski definition) is 9. The summed E-state index contributed by atoms with van der Waals surface area (Å²) in [4.78, 5) is 23.7. The van der Waals surface area contributed by atoms with Crippen LogP contribution < -0.4 is 9.50 Å². The summed E-state index contributed by atoms with van der Waals surface area (Å²) in [5.41, 5.74) is -5.17. The van der Waals surface area contributed by atoms with Gasteiger partial charge in [0.25, 0.3) is 0 Å². The first-order valence-electron chi connectivity index (χ1n) is 12.0. The van der Waals surface area contributed by atoms with Crippen molar-refractivity contribution in [3.05, 3.63) is 53.5 Å². The molecule has 1 aromatic heterocycles. The van der Waals surface area contributed by atoms with Crippen LogP contribution >= 0.6 is 0 Å². The molecule has 39 heavy (non-hydrogen) atoms. The minimum atomic E-state index is -5.95. The van der Waals surface area contributed by atoms with Crippen LogP contribution in [0, 0.1) is 0 Å².